The average Bonchev–Trinajstić information content (AvgIpc) is 3.46. The molecular formula is C33H29BrN4OS. The predicted molar refractivity (Wildman–Crippen MR) is 169 cm³/mol. The molecule has 0 spiro atoms. The Morgan fingerprint density at radius 3 is 2.25 bits per heavy atom. The number of pyridine rings is 1. The highest BCUT2D eigenvalue weighted by molar-refractivity contribution is 9.10. The minimum atomic E-state index is -0.115. The van der Waals surface area contributed by atoms with Crippen LogP contribution in [0, 0.1) is 20.8 Å². The Morgan fingerprint density at radius 2 is 1.55 bits per heavy atom. The molecular weight excluding hydrogens is 580 g/mol. The molecule has 3 aromatic carbocycles. The van der Waals surface area contributed by atoms with Crippen LogP contribution in [-0.2, 0) is 0 Å². The van der Waals surface area contributed by atoms with Gasteiger partial charge in [-0.1, -0.05) is 40.2 Å². The van der Waals surface area contributed by atoms with Crippen molar-refractivity contribution in [1.82, 2.24) is 14.9 Å². The van der Waals surface area contributed by atoms with E-state index in [9.17, 15) is 0 Å². The minimum Gasteiger partial charge on any atom is -0.457 e. The van der Waals surface area contributed by atoms with E-state index in [0.717, 1.165) is 44.3 Å². The smallest absolute Gasteiger partial charge is 0.174 e. The number of hydrogen-bond donors (Lipinski definition) is 1. The lowest BCUT2D eigenvalue weighted by molar-refractivity contribution is 0.479. The SMILES string of the molecule is Cc1ccccc1Oc1ccc(N2C(=S)N[C@@H](c3ccccn3)[C@@H]2c2cc(C)n(-c3ccc(Br)cc3)c2C)cc1. The molecule has 1 aliphatic rings. The molecule has 0 unspecified atom stereocenters. The van der Waals surface area contributed by atoms with Crippen molar-refractivity contribution in [3.05, 3.63) is 136 Å². The third kappa shape index (κ3) is 4.91. The van der Waals surface area contributed by atoms with Crippen molar-refractivity contribution >= 4 is 38.9 Å². The lowest BCUT2D eigenvalue weighted by atomic mass is 9.96. The molecule has 1 aliphatic heterocycles. The first-order chi connectivity index (χ1) is 19.4. The van der Waals surface area contributed by atoms with E-state index in [1.165, 1.54) is 11.3 Å². The van der Waals surface area contributed by atoms with E-state index in [2.05, 4.69) is 93.1 Å². The fourth-order valence-corrected chi connectivity index (χ4v) is 6.11. The third-order valence-corrected chi connectivity index (χ3v) is 8.25. The summed E-state index contributed by atoms with van der Waals surface area (Å²) >= 11 is 9.53. The molecule has 7 heteroatoms. The van der Waals surface area contributed by atoms with Crippen LogP contribution in [0.25, 0.3) is 5.69 Å². The van der Waals surface area contributed by atoms with Gasteiger partial charge >= 0.3 is 0 Å². The third-order valence-electron chi connectivity index (χ3n) is 7.41. The zero-order chi connectivity index (χ0) is 27.8. The van der Waals surface area contributed by atoms with Crippen LogP contribution in [0.15, 0.2) is 108 Å². The molecule has 0 aliphatic carbocycles. The van der Waals surface area contributed by atoms with Gasteiger partial charge in [0.05, 0.1) is 17.8 Å². The topological polar surface area (TPSA) is 42.3 Å². The lowest BCUT2D eigenvalue weighted by Gasteiger charge is -2.28. The molecule has 5 nitrogen and oxygen atoms in total. The molecule has 200 valence electrons. The number of hydrogen-bond acceptors (Lipinski definition) is 3. The van der Waals surface area contributed by atoms with E-state index in [4.69, 9.17) is 21.9 Å². The van der Waals surface area contributed by atoms with Crippen molar-refractivity contribution in [2.75, 3.05) is 4.90 Å². The van der Waals surface area contributed by atoms with Gasteiger partial charge in [0.25, 0.3) is 0 Å². The molecule has 6 rings (SSSR count). The Bertz CT molecular complexity index is 1670. The van der Waals surface area contributed by atoms with E-state index < -0.39 is 0 Å². The number of ether oxygens (including phenoxy) is 1. The first-order valence-corrected chi connectivity index (χ1v) is 14.4. The number of thiocarbonyl (C=S) groups is 1. The van der Waals surface area contributed by atoms with Gasteiger partial charge in [0, 0.05) is 33.4 Å². The number of nitrogens with zero attached hydrogens (tertiary/aromatic N) is 3. The molecule has 2 aromatic heterocycles. The first-order valence-electron chi connectivity index (χ1n) is 13.2. The number of aromatic nitrogens is 2. The normalized spacial score (nSPS) is 16.7. The number of benzene rings is 3. The molecule has 1 saturated heterocycles. The van der Waals surface area contributed by atoms with Crippen molar-refractivity contribution < 1.29 is 4.74 Å². The van der Waals surface area contributed by atoms with Crippen LogP contribution in [-0.4, -0.2) is 14.7 Å². The monoisotopic (exact) mass is 608 g/mol. The summed E-state index contributed by atoms with van der Waals surface area (Å²) in [5, 5.41) is 4.25. The summed E-state index contributed by atoms with van der Waals surface area (Å²) in [5.41, 5.74) is 7.68. The highest BCUT2D eigenvalue weighted by Crippen LogP contribution is 2.44. The Kier molecular flexibility index (Phi) is 7.17. The summed E-state index contributed by atoms with van der Waals surface area (Å²) in [5.74, 6) is 1.63. The average molecular weight is 610 g/mol. The van der Waals surface area contributed by atoms with Crippen LogP contribution in [0.4, 0.5) is 5.69 Å². The maximum atomic E-state index is 6.17. The number of para-hydroxylation sites is 1. The van der Waals surface area contributed by atoms with Crippen molar-refractivity contribution in [2.45, 2.75) is 32.9 Å². The fraction of sp³-hybridized carbons (Fsp3) is 0.152. The maximum absolute atomic E-state index is 6.17. The van der Waals surface area contributed by atoms with Crippen molar-refractivity contribution in [2.24, 2.45) is 0 Å². The predicted octanol–water partition coefficient (Wildman–Crippen LogP) is 8.53. The van der Waals surface area contributed by atoms with Gasteiger partial charge in [-0.3, -0.25) is 4.98 Å². The number of halogens is 1. The van der Waals surface area contributed by atoms with Crippen LogP contribution >= 0.6 is 28.1 Å². The molecule has 5 aromatic rings. The summed E-state index contributed by atoms with van der Waals surface area (Å²) in [6.07, 6.45) is 1.84. The van der Waals surface area contributed by atoms with Crippen LogP contribution in [0.5, 0.6) is 11.5 Å². The van der Waals surface area contributed by atoms with Crippen LogP contribution < -0.4 is 15.0 Å². The second-order valence-corrected chi connectivity index (χ2v) is 11.3. The van der Waals surface area contributed by atoms with Crippen LogP contribution in [0.1, 0.15) is 40.3 Å². The van der Waals surface area contributed by atoms with Gasteiger partial charge in [-0.25, -0.2) is 0 Å². The van der Waals surface area contributed by atoms with Crippen molar-refractivity contribution in [3.8, 4) is 17.2 Å². The van der Waals surface area contributed by atoms with Gasteiger partial charge in [0.2, 0.25) is 0 Å². The number of anilines is 1. The molecule has 0 saturated carbocycles. The fourth-order valence-electron chi connectivity index (χ4n) is 5.50. The van der Waals surface area contributed by atoms with E-state index >= 15 is 0 Å². The Morgan fingerprint density at radius 1 is 0.850 bits per heavy atom. The Labute approximate surface area is 248 Å². The summed E-state index contributed by atoms with van der Waals surface area (Å²) < 4.78 is 9.52. The van der Waals surface area contributed by atoms with Crippen LogP contribution in [0.2, 0.25) is 0 Å². The van der Waals surface area contributed by atoms with Gasteiger partial charge in [-0.2, -0.15) is 0 Å². The zero-order valence-electron chi connectivity index (χ0n) is 22.5. The highest BCUT2D eigenvalue weighted by atomic mass is 79.9. The summed E-state index contributed by atoms with van der Waals surface area (Å²) in [6, 6.07) is 32.7. The lowest BCUT2D eigenvalue weighted by Crippen LogP contribution is -2.29. The molecule has 3 heterocycles. The highest BCUT2D eigenvalue weighted by Gasteiger charge is 2.42. The molecule has 2 atom stereocenters. The second-order valence-electron chi connectivity index (χ2n) is 10.00. The molecule has 0 radical (unpaired) electrons. The zero-order valence-corrected chi connectivity index (χ0v) is 24.9. The van der Waals surface area contributed by atoms with Gasteiger partial charge in [-0.15, -0.1) is 0 Å². The summed E-state index contributed by atoms with van der Waals surface area (Å²) in [6.45, 7) is 6.38. The number of rotatable bonds is 6. The van der Waals surface area contributed by atoms with E-state index in [-0.39, 0.29) is 12.1 Å². The number of aryl methyl sites for hydroxylation is 2. The van der Waals surface area contributed by atoms with Gasteiger partial charge in [0.1, 0.15) is 11.5 Å². The van der Waals surface area contributed by atoms with Gasteiger partial charge in [-0.05, 0) is 117 Å². The van der Waals surface area contributed by atoms with E-state index in [1.807, 2.05) is 61.7 Å². The van der Waals surface area contributed by atoms with E-state index in [1.54, 1.807) is 0 Å². The molecule has 40 heavy (non-hydrogen) atoms. The number of nitrogens with one attached hydrogen (secondary N) is 1. The van der Waals surface area contributed by atoms with E-state index in [0.29, 0.717) is 5.11 Å². The largest absolute Gasteiger partial charge is 0.457 e. The maximum Gasteiger partial charge on any atom is 0.174 e. The van der Waals surface area contributed by atoms with Crippen LogP contribution in [0.3, 0.4) is 0 Å². The van der Waals surface area contributed by atoms with Crippen molar-refractivity contribution in [1.29, 1.82) is 0 Å². The summed E-state index contributed by atoms with van der Waals surface area (Å²) in [7, 11) is 0. The molecule has 1 fully saturated rings. The Balaban J connectivity index is 1.41. The van der Waals surface area contributed by atoms with Crippen molar-refractivity contribution in [3.63, 3.8) is 0 Å². The molecule has 1 N–H and O–H groups in total. The first kappa shape index (κ1) is 26.3. The standard InChI is InChI=1S/C33H29BrN4OS/c1-21-8-4-5-10-30(21)39-27-17-15-26(16-18-27)38-32(31(36-33(38)40)29-9-6-7-19-35-29)28-20-22(2)37(23(28)3)25-13-11-24(34)12-14-25/h4-20,31-32H,1-3H3,(H,36,40)/t31-,32-/m0/s1. The van der Waals surface area contributed by atoms with Gasteiger partial charge < -0.3 is 19.5 Å². The second kappa shape index (κ2) is 10.9. The Hall–Kier alpha value is -3.94. The minimum absolute atomic E-state index is 0.0964. The molecule has 0 bridgehead atoms. The molecule has 0 amide bonds. The summed E-state index contributed by atoms with van der Waals surface area (Å²) in [4.78, 5) is 6.92. The van der Waals surface area contributed by atoms with Gasteiger partial charge in [0.15, 0.2) is 5.11 Å². The quantitative estimate of drug-likeness (QED) is 0.196.